The minimum atomic E-state index is -0.452. The van der Waals surface area contributed by atoms with Crippen LogP contribution in [0.4, 0.5) is 17.3 Å². The van der Waals surface area contributed by atoms with Crippen LogP contribution in [0.2, 0.25) is 0 Å². The highest BCUT2D eigenvalue weighted by atomic mass is 16.5. The molecule has 0 radical (unpaired) electrons. The van der Waals surface area contributed by atoms with Crippen molar-refractivity contribution < 1.29 is 14.3 Å². The molecule has 5 aromatic heterocycles. The molecule has 1 aliphatic heterocycles. The van der Waals surface area contributed by atoms with Crippen molar-refractivity contribution in [1.82, 2.24) is 28.5 Å². The van der Waals surface area contributed by atoms with Crippen LogP contribution in [0.15, 0.2) is 60.0 Å². The number of carbonyl (C=O) groups is 2. The third kappa shape index (κ3) is 4.72. The molecule has 1 amide bonds. The number of fused-ring (bicyclic) bond motifs is 4. The Hall–Kier alpha value is -5.26. The fraction of sp³-hybridized carbons (Fsp3) is 0.312. The molecule has 0 aromatic carbocycles. The molecular formula is C32H32N8O4. The lowest BCUT2D eigenvalue weighted by Crippen LogP contribution is -2.41. The summed E-state index contributed by atoms with van der Waals surface area (Å²) in [6, 6.07) is 7.31. The number of imidazole rings is 1. The van der Waals surface area contributed by atoms with Gasteiger partial charge in [0.05, 0.1) is 0 Å². The Labute approximate surface area is 253 Å². The van der Waals surface area contributed by atoms with Crippen molar-refractivity contribution in [3.63, 3.8) is 0 Å². The first-order chi connectivity index (χ1) is 21.1. The van der Waals surface area contributed by atoms with Crippen LogP contribution in [0, 0.1) is 5.41 Å². The summed E-state index contributed by atoms with van der Waals surface area (Å²) in [5, 5.41) is 3.13. The molecule has 224 valence electrons. The van der Waals surface area contributed by atoms with E-state index in [1.807, 2.05) is 6.07 Å². The number of nitrogens with one attached hydrogen (secondary N) is 1. The van der Waals surface area contributed by atoms with E-state index < -0.39 is 5.97 Å². The predicted molar refractivity (Wildman–Crippen MR) is 164 cm³/mol. The van der Waals surface area contributed by atoms with Gasteiger partial charge >= 0.3 is 5.97 Å². The van der Waals surface area contributed by atoms with Crippen LogP contribution in [-0.2, 0) is 42.6 Å². The minimum absolute atomic E-state index is 0.0902. The van der Waals surface area contributed by atoms with E-state index in [1.165, 1.54) is 22.7 Å². The van der Waals surface area contributed by atoms with Gasteiger partial charge in [-0.1, -0.05) is 13.8 Å². The summed E-state index contributed by atoms with van der Waals surface area (Å²) in [4.78, 5) is 54.0. The topological polar surface area (TPSA) is 129 Å². The number of aromatic nitrogens is 6. The molecule has 0 unspecified atom stereocenters. The van der Waals surface area contributed by atoms with E-state index in [9.17, 15) is 14.4 Å². The van der Waals surface area contributed by atoms with Crippen LogP contribution in [0.1, 0.15) is 48.1 Å². The van der Waals surface area contributed by atoms with Gasteiger partial charge in [-0.2, -0.15) is 4.98 Å². The van der Waals surface area contributed by atoms with Crippen LogP contribution in [0.5, 0.6) is 0 Å². The van der Waals surface area contributed by atoms with E-state index in [2.05, 4.69) is 38.7 Å². The van der Waals surface area contributed by atoms with E-state index >= 15 is 0 Å². The number of pyridine rings is 2. The summed E-state index contributed by atoms with van der Waals surface area (Å²) in [5.74, 6) is 0.797. The zero-order valence-corrected chi connectivity index (χ0v) is 25.0. The van der Waals surface area contributed by atoms with Crippen molar-refractivity contribution in [3.05, 3.63) is 88.1 Å². The fourth-order valence-electron chi connectivity index (χ4n) is 6.37. The number of carbonyl (C=O) groups excluding carboxylic acids is 2. The number of rotatable bonds is 6. The molecule has 0 fully saturated rings. The van der Waals surface area contributed by atoms with E-state index in [0.29, 0.717) is 58.6 Å². The lowest BCUT2D eigenvalue weighted by molar-refractivity contribution is -0.142. The van der Waals surface area contributed by atoms with Gasteiger partial charge < -0.3 is 19.2 Å². The van der Waals surface area contributed by atoms with E-state index in [-0.39, 0.29) is 23.5 Å². The molecule has 7 rings (SSSR count). The molecular weight excluding hydrogens is 560 g/mol. The van der Waals surface area contributed by atoms with Crippen molar-refractivity contribution in [2.24, 2.45) is 12.5 Å². The standard InChI is InChI=1S/C32H32N8O4/c1-19(41)44-18-23-22(21-13-24(29(42)37(4)17-21)35-27-6-9-38-10-8-34-31(38)36-27)5-7-33-28(23)40-12-11-39-25(30(40)43)14-20-15-32(2,3)16-26(20)39/h5-10,13-14,17H,11-12,15-16,18H2,1-4H3,(H,34,35,36). The first-order valence-corrected chi connectivity index (χ1v) is 14.5. The Kier molecular flexibility index (Phi) is 6.38. The molecule has 0 atom stereocenters. The van der Waals surface area contributed by atoms with Crippen LogP contribution in [0.3, 0.4) is 0 Å². The Bertz CT molecular complexity index is 2040. The lowest BCUT2D eigenvalue weighted by atomic mass is 9.90. The number of esters is 1. The largest absolute Gasteiger partial charge is 0.461 e. The number of aryl methyl sites for hydroxylation is 1. The molecule has 2 aliphatic rings. The van der Waals surface area contributed by atoms with Crippen LogP contribution >= 0.6 is 0 Å². The van der Waals surface area contributed by atoms with Gasteiger partial charge in [-0.15, -0.1) is 0 Å². The van der Waals surface area contributed by atoms with Gasteiger partial charge in [0.1, 0.15) is 29.6 Å². The highest BCUT2D eigenvalue weighted by molar-refractivity contribution is 6.06. The number of nitrogens with zero attached hydrogens (tertiary/aromatic N) is 7. The molecule has 12 heteroatoms. The van der Waals surface area contributed by atoms with E-state index in [1.54, 1.807) is 65.5 Å². The first kappa shape index (κ1) is 27.6. The normalized spacial score (nSPS) is 15.4. The Morgan fingerprint density at radius 3 is 2.73 bits per heavy atom. The highest BCUT2D eigenvalue weighted by Crippen LogP contribution is 2.40. The minimum Gasteiger partial charge on any atom is -0.461 e. The maximum absolute atomic E-state index is 13.9. The molecule has 0 spiro atoms. The van der Waals surface area contributed by atoms with E-state index in [0.717, 1.165) is 12.8 Å². The lowest BCUT2D eigenvalue weighted by Gasteiger charge is -2.31. The zero-order chi connectivity index (χ0) is 30.7. The van der Waals surface area contributed by atoms with Gasteiger partial charge in [0.2, 0.25) is 5.78 Å². The first-order valence-electron chi connectivity index (χ1n) is 14.5. The van der Waals surface area contributed by atoms with Gasteiger partial charge in [-0.05, 0) is 53.6 Å². The van der Waals surface area contributed by atoms with Crippen LogP contribution < -0.4 is 15.8 Å². The summed E-state index contributed by atoms with van der Waals surface area (Å²) in [6.45, 7) is 6.83. The Morgan fingerprint density at radius 2 is 1.91 bits per heavy atom. The van der Waals surface area contributed by atoms with E-state index in [4.69, 9.17) is 4.74 Å². The fourth-order valence-corrected chi connectivity index (χ4v) is 6.37. The molecule has 0 saturated carbocycles. The quantitative estimate of drug-likeness (QED) is 0.294. The number of hydrogen-bond acceptors (Lipinski definition) is 8. The molecule has 0 saturated heterocycles. The summed E-state index contributed by atoms with van der Waals surface area (Å²) < 4.78 is 10.9. The Balaban J connectivity index is 1.28. The van der Waals surface area contributed by atoms with Gasteiger partial charge in [0.25, 0.3) is 11.5 Å². The summed E-state index contributed by atoms with van der Waals surface area (Å²) in [5.41, 5.74) is 5.29. The average molecular weight is 593 g/mol. The molecule has 12 nitrogen and oxygen atoms in total. The molecule has 0 bridgehead atoms. The number of ether oxygens (including phenoxy) is 1. The monoisotopic (exact) mass is 592 g/mol. The predicted octanol–water partition coefficient (Wildman–Crippen LogP) is 3.88. The van der Waals surface area contributed by atoms with Gasteiger partial charge in [-0.3, -0.25) is 23.7 Å². The maximum atomic E-state index is 13.9. The number of amides is 1. The van der Waals surface area contributed by atoms with Gasteiger partial charge in [0.15, 0.2) is 0 Å². The highest BCUT2D eigenvalue weighted by Gasteiger charge is 2.37. The zero-order valence-electron chi connectivity index (χ0n) is 25.0. The third-order valence-corrected chi connectivity index (χ3v) is 8.35. The molecule has 1 aliphatic carbocycles. The summed E-state index contributed by atoms with van der Waals surface area (Å²) in [7, 11) is 1.67. The van der Waals surface area contributed by atoms with Crippen LogP contribution in [-0.4, -0.2) is 46.9 Å². The number of hydrogen-bond donors (Lipinski definition) is 1. The SMILES string of the molecule is CC(=O)OCc1c(-c2cc(Nc3ccn4ccnc4n3)c(=O)n(C)c2)ccnc1N1CCn2c(cc3c2CC(C)(C)C3)C1=O. The molecule has 6 heterocycles. The summed E-state index contributed by atoms with van der Waals surface area (Å²) in [6.07, 6.45) is 10.5. The van der Waals surface area contributed by atoms with Crippen molar-refractivity contribution in [1.29, 1.82) is 0 Å². The smallest absolute Gasteiger partial charge is 0.302 e. The van der Waals surface area contributed by atoms with Crippen molar-refractivity contribution in [2.45, 2.75) is 46.8 Å². The van der Waals surface area contributed by atoms with Crippen LogP contribution in [0.25, 0.3) is 16.9 Å². The second-order valence-electron chi connectivity index (χ2n) is 12.2. The second kappa shape index (κ2) is 10.2. The third-order valence-electron chi connectivity index (χ3n) is 8.35. The van der Waals surface area contributed by atoms with Crippen molar-refractivity contribution in [2.75, 3.05) is 16.8 Å². The van der Waals surface area contributed by atoms with Crippen molar-refractivity contribution >= 4 is 35.0 Å². The second-order valence-corrected chi connectivity index (χ2v) is 12.2. The maximum Gasteiger partial charge on any atom is 0.302 e. The molecule has 5 aromatic rings. The molecule has 44 heavy (non-hydrogen) atoms. The molecule has 1 N–H and O–H groups in total. The van der Waals surface area contributed by atoms with Gasteiger partial charge in [-0.25, -0.2) is 9.97 Å². The van der Waals surface area contributed by atoms with Gasteiger partial charge in [0, 0.05) is 74.9 Å². The average Bonchev–Trinajstić information content (AvgIpc) is 3.66. The van der Waals surface area contributed by atoms with Crippen molar-refractivity contribution in [3.8, 4) is 11.1 Å². The summed E-state index contributed by atoms with van der Waals surface area (Å²) >= 11 is 0. The number of anilines is 3. The Morgan fingerprint density at radius 1 is 1.07 bits per heavy atom.